The second-order valence-electron chi connectivity index (χ2n) is 5.00. The minimum Gasteiger partial charge on any atom is -0.368 e. The fourth-order valence-electron chi connectivity index (χ4n) is 2.52. The molecular weight excluding hydrogens is 286 g/mol. The van der Waals surface area contributed by atoms with Crippen molar-refractivity contribution < 1.29 is 4.79 Å². The topological polar surface area (TPSA) is 61.4 Å². The Morgan fingerprint density at radius 3 is 2.81 bits per heavy atom. The third kappa shape index (κ3) is 3.13. The molecule has 0 radical (unpaired) electrons. The van der Waals surface area contributed by atoms with E-state index in [-0.39, 0.29) is 12.1 Å². The second kappa shape index (κ2) is 6.09. The van der Waals surface area contributed by atoms with E-state index in [0.717, 1.165) is 13.1 Å². The standard InChI is InChI=1S/C14H17N5OS/c1-11-9-18(12-5-3-2-4-6-12)7-8-19(11)14(20)16-13-17-15-10-21-13/h2-6,10-11H,7-9H2,1H3,(H,16,17,20)/t11-/m1/s1. The Bertz CT molecular complexity index is 589. The van der Waals surface area contributed by atoms with Gasteiger partial charge in [-0.25, -0.2) is 4.79 Å². The van der Waals surface area contributed by atoms with Gasteiger partial charge in [0.05, 0.1) is 0 Å². The van der Waals surface area contributed by atoms with E-state index < -0.39 is 0 Å². The highest BCUT2D eigenvalue weighted by Crippen LogP contribution is 2.19. The molecule has 1 aromatic heterocycles. The molecule has 0 aliphatic carbocycles. The number of rotatable bonds is 2. The van der Waals surface area contributed by atoms with Crippen LogP contribution in [-0.2, 0) is 0 Å². The third-order valence-electron chi connectivity index (χ3n) is 3.58. The molecule has 1 aliphatic heterocycles. The monoisotopic (exact) mass is 303 g/mol. The van der Waals surface area contributed by atoms with Crippen molar-refractivity contribution in [2.24, 2.45) is 0 Å². The number of para-hydroxylation sites is 1. The number of nitrogens with one attached hydrogen (secondary N) is 1. The van der Waals surface area contributed by atoms with Crippen LogP contribution in [0.25, 0.3) is 0 Å². The van der Waals surface area contributed by atoms with Crippen LogP contribution in [0.4, 0.5) is 15.6 Å². The summed E-state index contributed by atoms with van der Waals surface area (Å²) in [7, 11) is 0. The van der Waals surface area contributed by atoms with Gasteiger partial charge < -0.3 is 9.80 Å². The van der Waals surface area contributed by atoms with Gasteiger partial charge >= 0.3 is 6.03 Å². The van der Waals surface area contributed by atoms with Crippen LogP contribution in [0, 0.1) is 0 Å². The molecule has 1 aliphatic rings. The lowest BCUT2D eigenvalue weighted by molar-refractivity contribution is 0.185. The van der Waals surface area contributed by atoms with Crippen LogP contribution in [0.15, 0.2) is 35.8 Å². The first kappa shape index (κ1) is 13.8. The molecule has 2 aromatic rings. The lowest BCUT2D eigenvalue weighted by atomic mass is 10.1. The number of nitrogens with zero attached hydrogens (tertiary/aromatic N) is 4. The Hall–Kier alpha value is -2.15. The minimum absolute atomic E-state index is 0.105. The molecule has 2 heterocycles. The summed E-state index contributed by atoms with van der Waals surface area (Å²) in [5.74, 6) is 0. The smallest absolute Gasteiger partial charge is 0.324 e. The Balaban J connectivity index is 1.62. The Labute approximate surface area is 127 Å². The summed E-state index contributed by atoms with van der Waals surface area (Å²) in [6, 6.07) is 10.3. The van der Waals surface area contributed by atoms with Crippen LogP contribution < -0.4 is 10.2 Å². The van der Waals surface area contributed by atoms with Crippen LogP contribution >= 0.6 is 11.3 Å². The van der Waals surface area contributed by atoms with Gasteiger partial charge in [-0.3, -0.25) is 5.32 Å². The van der Waals surface area contributed by atoms with Gasteiger partial charge in [0.15, 0.2) is 0 Å². The number of benzene rings is 1. The number of hydrogen-bond acceptors (Lipinski definition) is 5. The molecule has 21 heavy (non-hydrogen) atoms. The lowest BCUT2D eigenvalue weighted by Gasteiger charge is -2.40. The summed E-state index contributed by atoms with van der Waals surface area (Å²) < 4.78 is 0. The van der Waals surface area contributed by atoms with Gasteiger partial charge in [-0.2, -0.15) is 0 Å². The highest BCUT2D eigenvalue weighted by molar-refractivity contribution is 7.13. The van der Waals surface area contributed by atoms with E-state index >= 15 is 0 Å². The van der Waals surface area contributed by atoms with Crippen molar-refractivity contribution in [2.75, 3.05) is 29.9 Å². The summed E-state index contributed by atoms with van der Waals surface area (Å²) in [4.78, 5) is 16.4. The molecule has 110 valence electrons. The average molecular weight is 303 g/mol. The van der Waals surface area contributed by atoms with Crippen LogP contribution in [0.3, 0.4) is 0 Å². The van der Waals surface area contributed by atoms with Gasteiger partial charge in [0.1, 0.15) is 5.51 Å². The molecule has 0 bridgehead atoms. The van der Waals surface area contributed by atoms with E-state index in [1.807, 2.05) is 23.1 Å². The van der Waals surface area contributed by atoms with E-state index in [4.69, 9.17) is 0 Å². The predicted octanol–water partition coefficient (Wildman–Crippen LogP) is 2.28. The number of urea groups is 1. The Morgan fingerprint density at radius 2 is 2.14 bits per heavy atom. The molecule has 1 aromatic carbocycles. The highest BCUT2D eigenvalue weighted by Gasteiger charge is 2.27. The third-order valence-corrected chi connectivity index (χ3v) is 4.19. The number of aromatic nitrogens is 2. The number of amides is 2. The Morgan fingerprint density at radius 1 is 1.33 bits per heavy atom. The molecule has 0 saturated carbocycles. The molecule has 2 amide bonds. The quantitative estimate of drug-likeness (QED) is 0.924. The first-order valence-corrected chi connectivity index (χ1v) is 7.76. The van der Waals surface area contributed by atoms with Gasteiger partial charge in [0.2, 0.25) is 5.13 Å². The lowest BCUT2D eigenvalue weighted by Crippen LogP contribution is -2.55. The second-order valence-corrected chi connectivity index (χ2v) is 5.83. The summed E-state index contributed by atoms with van der Waals surface area (Å²) in [5, 5.41) is 10.9. The van der Waals surface area contributed by atoms with Crippen molar-refractivity contribution in [1.82, 2.24) is 15.1 Å². The minimum atomic E-state index is -0.105. The molecule has 1 atom stereocenters. The van der Waals surface area contributed by atoms with Crippen molar-refractivity contribution >= 4 is 28.2 Å². The summed E-state index contributed by atoms with van der Waals surface area (Å²) in [6.45, 7) is 4.42. The van der Waals surface area contributed by atoms with Crippen molar-refractivity contribution in [2.45, 2.75) is 13.0 Å². The van der Waals surface area contributed by atoms with Crippen molar-refractivity contribution in [3.05, 3.63) is 35.8 Å². The molecule has 1 saturated heterocycles. The number of hydrogen-bond donors (Lipinski definition) is 1. The first-order chi connectivity index (χ1) is 10.2. The van der Waals surface area contributed by atoms with E-state index in [0.29, 0.717) is 11.7 Å². The molecule has 7 heteroatoms. The predicted molar refractivity (Wildman–Crippen MR) is 83.8 cm³/mol. The van der Waals surface area contributed by atoms with Crippen LogP contribution in [0.2, 0.25) is 0 Å². The SMILES string of the molecule is C[C@@H]1CN(c2ccccc2)CCN1C(=O)Nc1nncs1. The maximum atomic E-state index is 12.3. The highest BCUT2D eigenvalue weighted by atomic mass is 32.1. The van der Waals surface area contributed by atoms with E-state index in [2.05, 4.69) is 39.5 Å². The molecule has 6 nitrogen and oxygen atoms in total. The number of anilines is 2. The zero-order chi connectivity index (χ0) is 14.7. The van der Waals surface area contributed by atoms with Gasteiger partial charge in [-0.15, -0.1) is 10.2 Å². The zero-order valence-electron chi connectivity index (χ0n) is 11.8. The zero-order valence-corrected chi connectivity index (χ0v) is 12.6. The van der Waals surface area contributed by atoms with Crippen LogP contribution in [-0.4, -0.2) is 46.8 Å². The summed E-state index contributed by atoms with van der Waals surface area (Å²) >= 11 is 1.32. The first-order valence-electron chi connectivity index (χ1n) is 6.88. The fourth-order valence-corrected chi connectivity index (χ4v) is 2.96. The van der Waals surface area contributed by atoms with Gasteiger partial charge in [-0.1, -0.05) is 29.5 Å². The van der Waals surface area contributed by atoms with Crippen molar-refractivity contribution in [1.29, 1.82) is 0 Å². The molecule has 1 fully saturated rings. The maximum Gasteiger partial charge on any atom is 0.324 e. The van der Waals surface area contributed by atoms with Gasteiger partial charge in [-0.05, 0) is 19.1 Å². The summed E-state index contributed by atoms with van der Waals surface area (Å²) in [6.07, 6.45) is 0. The Kier molecular flexibility index (Phi) is 4.01. The largest absolute Gasteiger partial charge is 0.368 e. The van der Waals surface area contributed by atoms with Gasteiger partial charge in [0, 0.05) is 31.4 Å². The molecule has 3 rings (SSSR count). The van der Waals surface area contributed by atoms with Gasteiger partial charge in [0.25, 0.3) is 0 Å². The fraction of sp³-hybridized carbons (Fsp3) is 0.357. The normalized spacial score (nSPS) is 18.6. The van der Waals surface area contributed by atoms with E-state index in [9.17, 15) is 4.79 Å². The number of carbonyl (C=O) groups excluding carboxylic acids is 1. The van der Waals surface area contributed by atoms with Crippen LogP contribution in [0.1, 0.15) is 6.92 Å². The molecule has 1 N–H and O–H groups in total. The molecule has 0 spiro atoms. The van der Waals surface area contributed by atoms with E-state index in [1.54, 1.807) is 5.51 Å². The maximum absolute atomic E-state index is 12.3. The van der Waals surface area contributed by atoms with Crippen LogP contribution in [0.5, 0.6) is 0 Å². The number of carbonyl (C=O) groups is 1. The van der Waals surface area contributed by atoms with Crippen molar-refractivity contribution in [3.8, 4) is 0 Å². The number of piperazine rings is 1. The summed E-state index contributed by atoms with van der Waals surface area (Å²) in [5.41, 5.74) is 2.81. The molecule has 0 unspecified atom stereocenters. The average Bonchev–Trinajstić information content (AvgIpc) is 3.01. The molecular formula is C14H17N5OS. The van der Waals surface area contributed by atoms with E-state index in [1.165, 1.54) is 17.0 Å². The van der Waals surface area contributed by atoms with Crippen molar-refractivity contribution in [3.63, 3.8) is 0 Å².